The summed E-state index contributed by atoms with van der Waals surface area (Å²) in [6, 6.07) is 2.51. The molecule has 6 aromatic rings. The third-order valence-electron chi connectivity index (χ3n) is 4.80. The molecule has 0 amide bonds. The van der Waals surface area contributed by atoms with Crippen molar-refractivity contribution in [2.75, 3.05) is 0 Å². The molecule has 0 unspecified atom stereocenters. The van der Waals surface area contributed by atoms with E-state index in [1.807, 2.05) is 68.0 Å². The van der Waals surface area contributed by atoms with Crippen LogP contribution in [0.25, 0.3) is 49.4 Å². The highest BCUT2D eigenvalue weighted by Gasteiger charge is 2.24. The van der Waals surface area contributed by atoms with E-state index in [0.717, 1.165) is 0 Å². The molecule has 0 spiro atoms. The topological polar surface area (TPSA) is 0 Å². The van der Waals surface area contributed by atoms with Gasteiger partial charge in [0.15, 0.2) is 0 Å². The quantitative estimate of drug-likeness (QED) is 0.225. The van der Waals surface area contributed by atoms with Crippen molar-refractivity contribution in [3.63, 3.8) is 0 Å². The molecule has 0 saturated heterocycles. The van der Waals surface area contributed by atoms with E-state index in [-0.39, 0.29) is 0 Å². The lowest BCUT2D eigenvalue weighted by atomic mass is 10.0. The van der Waals surface area contributed by atoms with Gasteiger partial charge in [-0.25, -0.2) is 0 Å². The Morgan fingerprint density at radius 2 is 1.38 bits per heavy atom. The van der Waals surface area contributed by atoms with Crippen molar-refractivity contribution >= 4 is 119 Å². The Bertz CT molecular complexity index is 1420. The molecule has 0 saturated carbocycles. The lowest BCUT2D eigenvalue weighted by molar-refractivity contribution is 1.79. The Hall–Kier alpha value is -0.543. The second kappa shape index (κ2) is 5.50. The highest BCUT2D eigenvalue weighted by atomic mass is 32.2. The number of rotatable bonds is 2. The summed E-state index contributed by atoms with van der Waals surface area (Å²) < 4.78 is 7.54. The molecule has 0 N–H and O–H groups in total. The van der Waals surface area contributed by atoms with E-state index < -0.39 is 8.07 Å². The molecule has 6 aromatic heterocycles. The Kier molecular flexibility index (Phi) is 3.47. The van der Waals surface area contributed by atoms with E-state index in [2.05, 4.69) is 47.2 Å². The van der Waals surface area contributed by atoms with Gasteiger partial charge in [0, 0.05) is 58.9 Å². The minimum absolute atomic E-state index is 1.26. The molecule has 26 heavy (non-hydrogen) atoms. The summed E-state index contributed by atoms with van der Waals surface area (Å²) >= 11 is 11.6. The zero-order chi connectivity index (χ0) is 17.6. The van der Waals surface area contributed by atoms with Gasteiger partial charge in [-0.3, -0.25) is 0 Å². The third-order valence-corrected chi connectivity index (χ3v) is 15.1. The van der Waals surface area contributed by atoms with Crippen LogP contribution >= 0.6 is 68.0 Å². The Morgan fingerprint density at radius 1 is 0.692 bits per heavy atom. The average molecular weight is 463 g/mol. The second-order valence-electron chi connectivity index (χ2n) is 7.54. The van der Waals surface area contributed by atoms with Crippen LogP contribution in [0.1, 0.15) is 0 Å². The molecule has 0 atom stereocenters. The van der Waals surface area contributed by atoms with Gasteiger partial charge in [0.25, 0.3) is 0 Å². The Balaban J connectivity index is 1.69. The van der Waals surface area contributed by atoms with E-state index in [9.17, 15) is 0 Å². The normalized spacial score (nSPS) is 13.2. The predicted octanol–water partition coefficient (Wildman–Crippen LogP) is 8.88. The zero-order valence-electron chi connectivity index (χ0n) is 14.3. The molecule has 0 bridgehead atoms. The summed E-state index contributed by atoms with van der Waals surface area (Å²) in [4.78, 5) is 0. The molecule has 0 fully saturated rings. The maximum atomic E-state index is 2.51. The van der Waals surface area contributed by atoms with Crippen molar-refractivity contribution in [2.45, 2.75) is 19.6 Å². The monoisotopic (exact) mass is 462 g/mol. The summed E-state index contributed by atoms with van der Waals surface area (Å²) in [5.41, 5.74) is 2.90. The van der Waals surface area contributed by atoms with Gasteiger partial charge >= 0.3 is 0 Å². The highest BCUT2D eigenvalue weighted by Crippen LogP contribution is 2.51. The lowest BCUT2D eigenvalue weighted by Crippen LogP contribution is -2.34. The minimum Gasteiger partial charge on any atom is -0.150 e. The van der Waals surface area contributed by atoms with E-state index in [1.54, 1.807) is 4.50 Å². The van der Waals surface area contributed by atoms with Gasteiger partial charge in [-0.15, -0.1) is 56.7 Å². The Morgan fingerprint density at radius 3 is 2.12 bits per heavy atom. The fourth-order valence-corrected chi connectivity index (χ4v) is 12.8. The smallest absolute Gasteiger partial charge is 0.0904 e. The molecule has 0 radical (unpaired) electrons. The van der Waals surface area contributed by atoms with Crippen LogP contribution in [0.15, 0.2) is 27.6 Å². The van der Waals surface area contributed by atoms with Crippen molar-refractivity contribution in [1.82, 2.24) is 0 Å². The molecule has 130 valence electrons. The SMILES string of the molecule is C[Si](C)(C)c1cc2c(s1)sc1scc(-c3csc4sc5cscc5c34)c12. The van der Waals surface area contributed by atoms with E-state index in [1.165, 1.54) is 49.4 Å². The zero-order valence-corrected chi connectivity index (χ0v) is 20.2. The molecule has 0 nitrogen and oxygen atoms in total. The van der Waals surface area contributed by atoms with E-state index >= 15 is 0 Å². The van der Waals surface area contributed by atoms with Crippen LogP contribution in [0.3, 0.4) is 0 Å². The van der Waals surface area contributed by atoms with Crippen LogP contribution in [0.5, 0.6) is 0 Å². The van der Waals surface area contributed by atoms with Crippen molar-refractivity contribution < 1.29 is 0 Å². The summed E-state index contributed by atoms with van der Waals surface area (Å²) in [6.45, 7) is 7.36. The maximum Gasteiger partial charge on any atom is 0.0904 e. The van der Waals surface area contributed by atoms with Crippen molar-refractivity contribution in [1.29, 1.82) is 0 Å². The summed E-state index contributed by atoms with van der Waals surface area (Å²) in [5, 5.41) is 15.3. The Labute approximate surface area is 176 Å². The lowest BCUT2D eigenvalue weighted by Gasteiger charge is -2.11. The van der Waals surface area contributed by atoms with Crippen LogP contribution in [0, 0.1) is 0 Å². The molecule has 0 aliphatic rings. The summed E-state index contributed by atoms with van der Waals surface area (Å²) in [7, 11) is -1.26. The van der Waals surface area contributed by atoms with Gasteiger partial charge < -0.3 is 0 Å². The molecular formula is C19H14S6Si. The molecule has 0 aromatic carbocycles. The highest BCUT2D eigenvalue weighted by molar-refractivity contribution is 7.51. The molecular weight excluding hydrogens is 449 g/mol. The largest absolute Gasteiger partial charge is 0.150 e. The van der Waals surface area contributed by atoms with Gasteiger partial charge in [0.05, 0.1) is 20.1 Å². The van der Waals surface area contributed by atoms with Crippen LogP contribution in [-0.4, -0.2) is 8.07 Å². The maximum absolute atomic E-state index is 2.51. The third kappa shape index (κ3) is 2.19. The molecule has 0 aliphatic carbocycles. The summed E-state index contributed by atoms with van der Waals surface area (Å²) in [5.74, 6) is 0. The fraction of sp³-hybridized carbons (Fsp3) is 0.158. The van der Waals surface area contributed by atoms with Gasteiger partial charge in [0.2, 0.25) is 0 Å². The van der Waals surface area contributed by atoms with Gasteiger partial charge in [0.1, 0.15) is 0 Å². The first-order valence-corrected chi connectivity index (χ1v) is 17.0. The first kappa shape index (κ1) is 16.4. The molecule has 7 heteroatoms. The number of hydrogen-bond acceptors (Lipinski definition) is 6. The fourth-order valence-electron chi connectivity index (χ4n) is 3.46. The minimum atomic E-state index is -1.26. The van der Waals surface area contributed by atoms with Crippen molar-refractivity contribution in [3.05, 3.63) is 27.6 Å². The van der Waals surface area contributed by atoms with Gasteiger partial charge in [-0.1, -0.05) is 19.6 Å². The standard InChI is InChI=1S/C19H14S6Si/c1-26(2,3)14-4-9-15-10(6-22-19(15)25-17(9)24-14)11-7-21-18-16(11)12-5-20-8-13(12)23-18/h4-8H,1-3H3. The van der Waals surface area contributed by atoms with Crippen LogP contribution in [-0.2, 0) is 0 Å². The number of fused-ring (bicyclic) bond motifs is 6. The van der Waals surface area contributed by atoms with E-state index in [0.29, 0.717) is 0 Å². The van der Waals surface area contributed by atoms with E-state index in [4.69, 9.17) is 0 Å². The average Bonchev–Trinajstić information content (AvgIpc) is 3.32. The van der Waals surface area contributed by atoms with Crippen LogP contribution in [0.2, 0.25) is 19.6 Å². The van der Waals surface area contributed by atoms with Crippen LogP contribution < -0.4 is 4.50 Å². The molecule has 6 rings (SSSR count). The predicted molar refractivity (Wildman–Crippen MR) is 132 cm³/mol. The second-order valence-corrected chi connectivity index (χ2v) is 19.3. The van der Waals surface area contributed by atoms with Crippen molar-refractivity contribution in [3.8, 4) is 11.1 Å². The number of thiophene rings is 6. The molecule has 6 heterocycles. The van der Waals surface area contributed by atoms with Gasteiger partial charge in [-0.2, -0.15) is 11.3 Å². The number of hydrogen-bond donors (Lipinski definition) is 0. The summed E-state index contributed by atoms with van der Waals surface area (Å²) in [6.07, 6.45) is 0. The first-order chi connectivity index (χ1) is 12.5. The first-order valence-electron chi connectivity index (χ1n) is 8.31. The van der Waals surface area contributed by atoms with Gasteiger partial charge in [-0.05, 0) is 10.6 Å². The molecule has 0 aliphatic heterocycles. The van der Waals surface area contributed by atoms with Crippen molar-refractivity contribution in [2.24, 2.45) is 0 Å². The van der Waals surface area contributed by atoms with Crippen LogP contribution in [0.4, 0.5) is 0 Å².